The predicted molar refractivity (Wildman–Crippen MR) is 58.1 cm³/mol. The lowest BCUT2D eigenvalue weighted by Crippen LogP contribution is -2.38. The number of aromatic nitrogens is 3. The molecule has 0 fully saturated rings. The maximum absolute atomic E-state index is 11.3. The van der Waals surface area contributed by atoms with Crippen LogP contribution in [-0.4, -0.2) is 20.7 Å². The summed E-state index contributed by atoms with van der Waals surface area (Å²) in [6, 6.07) is 0. The fourth-order valence-electron chi connectivity index (χ4n) is 1.15. The van der Waals surface area contributed by atoms with Crippen LogP contribution in [0, 0.1) is 0 Å². The summed E-state index contributed by atoms with van der Waals surface area (Å²) in [6.07, 6.45) is 1.73. The molecule has 0 amide bonds. The molecular weight excluding hydrogens is 196 g/mol. The molecule has 0 unspecified atom stereocenters. The van der Waals surface area contributed by atoms with Crippen molar-refractivity contribution in [1.29, 1.82) is 0 Å². The zero-order chi connectivity index (χ0) is 11.5. The highest BCUT2D eigenvalue weighted by Crippen LogP contribution is 2.17. The Morgan fingerprint density at radius 3 is 2.40 bits per heavy atom. The van der Waals surface area contributed by atoms with E-state index in [2.05, 4.69) is 20.5 Å². The van der Waals surface area contributed by atoms with Crippen LogP contribution in [0.3, 0.4) is 0 Å². The van der Waals surface area contributed by atoms with E-state index in [1.165, 1.54) is 0 Å². The molecule has 0 saturated heterocycles. The van der Waals surface area contributed by atoms with Gasteiger partial charge in [0, 0.05) is 5.54 Å². The van der Waals surface area contributed by atoms with E-state index in [9.17, 15) is 9.59 Å². The highest BCUT2D eigenvalue weighted by Gasteiger charge is 2.20. The average molecular weight is 212 g/mol. The highest BCUT2D eigenvalue weighted by molar-refractivity contribution is 5.32. The number of anilines is 1. The summed E-state index contributed by atoms with van der Waals surface area (Å²) in [5.74, 6) is 0.154. The maximum atomic E-state index is 11.3. The van der Waals surface area contributed by atoms with Crippen LogP contribution in [0.4, 0.5) is 5.82 Å². The molecule has 0 atom stereocenters. The summed E-state index contributed by atoms with van der Waals surface area (Å²) in [5, 5.41) is 8.88. The zero-order valence-corrected chi connectivity index (χ0v) is 9.18. The monoisotopic (exact) mass is 212 g/mol. The van der Waals surface area contributed by atoms with Crippen molar-refractivity contribution < 1.29 is 0 Å². The Bertz CT molecular complexity index is 430. The van der Waals surface area contributed by atoms with Crippen LogP contribution in [0.15, 0.2) is 9.59 Å². The second-order valence-corrected chi connectivity index (χ2v) is 3.75. The molecule has 1 aromatic heterocycles. The normalized spacial score (nSPS) is 11.4. The minimum Gasteiger partial charge on any atom is -0.359 e. The van der Waals surface area contributed by atoms with Crippen molar-refractivity contribution >= 4 is 5.82 Å². The molecule has 0 aliphatic carbocycles. The Kier molecular flexibility index (Phi) is 3.28. The first-order chi connectivity index (χ1) is 7.00. The number of hydrogen-bond acceptors (Lipinski definition) is 4. The Balaban J connectivity index is 2.99. The standard InChI is InChI=1S/C9H16N4O2/c1-4-9(3,5-2)11-6-7(14)10-8(15)13-12-6/h4-5H2,1-3H3,(H,11,12)(H2,10,13,14,15). The Labute approximate surface area is 87.1 Å². The van der Waals surface area contributed by atoms with Crippen LogP contribution in [0.2, 0.25) is 0 Å². The van der Waals surface area contributed by atoms with Gasteiger partial charge in [-0.15, -0.1) is 5.10 Å². The Hall–Kier alpha value is -1.59. The first-order valence-electron chi connectivity index (χ1n) is 4.98. The first-order valence-corrected chi connectivity index (χ1v) is 4.98. The summed E-state index contributed by atoms with van der Waals surface area (Å²) in [7, 11) is 0. The molecule has 0 radical (unpaired) electrons. The van der Waals surface area contributed by atoms with E-state index in [0.29, 0.717) is 0 Å². The van der Waals surface area contributed by atoms with E-state index in [1.54, 1.807) is 0 Å². The van der Waals surface area contributed by atoms with Crippen LogP contribution in [0.25, 0.3) is 0 Å². The van der Waals surface area contributed by atoms with Crippen molar-refractivity contribution in [1.82, 2.24) is 15.2 Å². The van der Waals surface area contributed by atoms with Gasteiger partial charge in [-0.25, -0.2) is 9.89 Å². The lowest BCUT2D eigenvalue weighted by molar-refractivity contribution is 0.474. The first kappa shape index (κ1) is 11.5. The molecule has 6 nitrogen and oxygen atoms in total. The third kappa shape index (κ3) is 2.68. The van der Waals surface area contributed by atoms with Gasteiger partial charge in [-0.1, -0.05) is 13.8 Å². The lowest BCUT2D eigenvalue weighted by Gasteiger charge is -2.27. The van der Waals surface area contributed by atoms with Crippen molar-refractivity contribution in [3.05, 3.63) is 20.8 Å². The Morgan fingerprint density at radius 2 is 1.93 bits per heavy atom. The third-order valence-electron chi connectivity index (χ3n) is 2.69. The second kappa shape index (κ2) is 4.29. The minimum atomic E-state index is -0.597. The third-order valence-corrected chi connectivity index (χ3v) is 2.69. The number of nitrogens with one attached hydrogen (secondary N) is 3. The molecule has 0 aromatic carbocycles. The molecule has 6 heteroatoms. The van der Waals surface area contributed by atoms with E-state index in [-0.39, 0.29) is 11.4 Å². The molecule has 1 heterocycles. The van der Waals surface area contributed by atoms with Crippen molar-refractivity contribution in [3.63, 3.8) is 0 Å². The fourth-order valence-corrected chi connectivity index (χ4v) is 1.15. The van der Waals surface area contributed by atoms with Gasteiger partial charge >= 0.3 is 5.69 Å². The topological polar surface area (TPSA) is 90.6 Å². The summed E-state index contributed by atoms with van der Waals surface area (Å²) < 4.78 is 0. The molecule has 0 spiro atoms. The summed E-state index contributed by atoms with van der Waals surface area (Å²) in [5.41, 5.74) is -1.27. The van der Waals surface area contributed by atoms with Crippen molar-refractivity contribution in [3.8, 4) is 0 Å². The molecule has 1 rings (SSSR count). The number of hydrogen-bond donors (Lipinski definition) is 3. The van der Waals surface area contributed by atoms with Crippen molar-refractivity contribution in [2.45, 2.75) is 39.2 Å². The van der Waals surface area contributed by atoms with E-state index in [0.717, 1.165) is 12.8 Å². The average Bonchev–Trinajstić information content (AvgIpc) is 2.22. The minimum absolute atomic E-state index is 0.154. The van der Waals surface area contributed by atoms with Gasteiger partial charge in [0.1, 0.15) is 0 Å². The molecule has 1 aromatic rings. The van der Waals surface area contributed by atoms with E-state index in [4.69, 9.17) is 0 Å². The predicted octanol–water partition coefficient (Wildman–Crippen LogP) is 0.449. The molecule has 0 aliphatic heterocycles. The van der Waals surface area contributed by atoms with Crippen molar-refractivity contribution in [2.24, 2.45) is 0 Å². The smallest absolute Gasteiger partial charge is 0.342 e. The molecule has 84 valence electrons. The summed E-state index contributed by atoms with van der Waals surface area (Å²) in [4.78, 5) is 24.2. The summed E-state index contributed by atoms with van der Waals surface area (Å²) in [6.45, 7) is 6.05. The van der Waals surface area contributed by atoms with Gasteiger partial charge in [-0.3, -0.25) is 9.78 Å². The van der Waals surface area contributed by atoms with Gasteiger partial charge in [-0.05, 0) is 19.8 Å². The quantitative estimate of drug-likeness (QED) is 0.675. The number of nitrogens with zero attached hydrogens (tertiary/aromatic N) is 1. The van der Waals surface area contributed by atoms with Gasteiger partial charge in [0.05, 0.1) is 0 Å². The maximum Gasteiger partial charge on any atom is 0.342 e. The molecule has 0 bridgehead atoms. The van der Waals surface area contributed by atoms with Crippen LogP contribution in [0.5, 0.6) is 0 Å². The highest BCUT2D eigenvalue weighted by atomic mass is 16.2. The van der Waals surface area contributed by atoms with Crippen LogP contribution >= 0.6 is 0 Å². The van der Waals surface area contributed by atoms with E-state index < -0.39 is 11.2 Å². The van der Waals surface area contributed by atoms with E-state index >= 15 is 0 Å². The van der Waals surface area contributed by atoms with Crippen LogP contribution < -0.4 is 16.6 Å². The summed E-state index contributed by atoms with van der Waals surface area (Å²) >= 11 is 0. The van der Waals surface area contributed by atoms with Gasteiger partial charge in [0.25, 0.3) is 5.56 Å². The van der Waals surface area contributed by atoms with Gasteiger partial charge in [0.2, 0.25) is 5.82 Å². The second-order valence-electron chi connectivity index (χ2n) is 3.75. The lowest BCUT2D eigenvalue weighted by atomic mass is 9.96. The molecule has 0 aliphatic rings. The number of H-pyrrole nitrogens is 2. The molecular formula is C9H16N4O2. The SMILES string of the molecule is CCC(C)(CC)Nc1n[nH]c(=O)[nH]c1=O. The molecule has 0 saturated carbocycles. The van der Waals surface area contributed by atoms with Gasteiger partial charge in [0.15, 0.2) is 0 Å². The Morgan fingerprint density at radius 1 is 1.33 bits per heavy atom. The van der Waals surface area contributed by atoms with Gasteiger partial charge < -0.3 is 5.32 Å². The van der Waals surface area contributed by atoms with Crippen molar-refractivity contribution in [2.75, 3.05) is 5.32 Å². The number of aromatic amines is 2. The number of rotatable bonds is 4. The molecule has 15 heavy (non-hydrogen) atoms. The van der Waals surface area contributed by atoms with Gasteiger partial charge in [-0.2, -0.15) is 0 Å². The largest absolute Gasteiger partial charge is 0.359 e. The molecule has 3 N–H and O–H groups in total. The zero-order valence-electron chi connectivity index (χ0n) is 9.18. The van der Waals surface area contributed by atoms with Crippen LogP contribution in [-0.2, 0) is 0 Å². The fraction of sp³-hybridized carbons (Fsp3) is 0.667. The van der Waals surface area contributed by atoms with E-state index in [1.807, 2.05) is 20.8 Å². The van der Waals surface area contributed by atoms with Crippen LogP contribution in [0.1, 0.15) is 33.6 Å².